The molecule has 2 nitrogen and oxygen atoms in total. The number of nitrogens with one attached hydrogen (secondary N) is 1. The van der Waals surface area contributed by atoms with Gasteiger partial charge in [0.1, 0.15) is 0 Å². The van der Waals surface area contributed by atoms with Crippen molar-refractivity contribution in [3.63, 3.8) is 0 Å². The number of nitrogens with zero attached hydrogens (tertiary/aromatic N) is 1. The van der Waals surface area contributed by atoms with Gasteiger partial charge >= 0.3 is 0 Å². The van der Waals surface area contributed by atoms with Crippen molar-refractivity contribution in [3.05, 3.63) is 0 Å². The van der Waals surface area contributed by atoms with Gasteiger partial charge in [-0.05, 0) is 47.6 Å². The zero-order valence-corrected chi connectivity index (χ0v) is 9.72. The third-order valence-electron chi connectivity index (χ3n) is 2.92. The van der Waals surface area contributed by atoms with Crippen molar-refractivity contribution in [2.45, 2.75) is 58.7 Å². The molecule has 1 fully saturated rings. The highest BCUT2D eigenvalue weighted by Crippen LogP contribution is 2.20. The second-order valence-corrected chi connectivity index (χ2v) is 5.32. The van der Waals surface area contributed by atoms with Gasteiger partial charge in [0.05, 0.1) is 0 Å². The Morgan fingerprint density at radius 1 is 1.23 bits per heavy atom. The van der Waals surface area contributed by atoms with Crippen molar-refractivity contribution >= 4 is 0 Å². The molecular weight excluding hydrogens is 160 g/mol. The first-order valence-corrected chi connectivity index (χ1v) is 5.41. The van der Waals surface area contributed by atoms with E-state index in [1.165, 1.54) is 13.0 Å². The van der Waals surface area contributed by atoms with Gasteiger partial charge in [0.25, 0.3) is 0 Å². The standard InChI is InChI=1S/C11H24N2/c1-9-8-13(11(3,4)5)10(2)6-7-12-9/h9-10,12H,6-8H2,1-5H3. The minimum absolute atomic E-state index is 0.305. The average molecular weight is 184 g/mol. The molecule has 0 amide bonds. The third-order valence-corrected chi connectivity index (χ3v) is 2.92. The number of rotatable bonds is 0. The monoisotopic (exact) mass is 184 g/mol. The van der Waals surface area contributed by atoms with E-state index in [4.69, 9.17) is 0 Å². The van der Waals surface area contributed by atoms with E-state index < -0.39 is 0 Å². The van der Waals surface area contributed by atoms with Crippen LogP contribution in [0.4, 0.5) is 0 Å². The van der Waals surface area contributed by atoms with Gasteiger partial charge in [-0.25, -0.2) is 0 Å². The van der Waals surface area contributed by atoms with Crippen LogP contribution in [0.15, 0.2) is 0 Å². The fourth-order valence-corrected chi connectivity index (χ4v) is 2.17. The smallest absolute Gasteiger partial charge is 0.0167 e. The molecule has 13 heavy (non-hydrogen) atoms. The maximum absolute atomic E-state index is 3.54. The van der Waals surface area contributed by atoms with E-state index >= 15 is 0 Å². The Morgan fingerprint density at radius 2 is 1.85 bits per heavy atom. The molecule has 2 heteroatoms. The van der Waals surface area contributed by atoms with E-state index in [0.717, 1.165) is 6.54 Å². The molecule has 1 heterocycles. The molecular formula is C11H24N2. The highest BCUT2D eigenvalue weighted by molar-refractivity contribution is 4.86. The van der Waals surface area contributed by atoms with Crippen LogP contribution in [0.5, 0.6) is 0 Å². The molecule has 0 aromatic carbocycles. The minimum atomic E-state index is 0.305. The molecule has 0 spiro atoms. The Kier molecular flexibility index (Phi) is 3.36. The quantitative estimate of drug-likeness (QED) is 0.618. The lowest BCUT2D eigenvalue weighted by Crippen LogP contribution is -2.49. The molecule has 0 aromatic heterocycles. The Bertz CT molecular complexity index is 160. The Labute approximate surface area is 82.7 Å². The van der Waals surface area contributed by atoms with Gasteiger partial charge in [0.15, 0.2) is 0 Å². The highest BCUT2D eigenvalue weighted by atomic mass is 15.2. The van der Waals surface area contributed by atoms with Crippen LogP contribution in [-0.4, -0.2) is 35.6 Å². The van der Waals surface area contributed by atoms with Gasteiger partial charge in [-0.1, -0.05) is 0 Å². The second-order valence-electron chi connectivity index (χ2n) is 5.32. The van der Waals surface area contributed by atoms with Crippen molar-refractivity contribution in [2.24, 2.45) is 0 Å². The van der Waals surface area contributed by atoms with Gasteiger partial charge < -0.3 is 5.32 Å². The fraction of sp³-hybridized carbons (Fsp3) is 1.00. The molecule has 0 saturated carbocycles. The SMILES string of the molecule is CC1CN(C(C)(C)C)C(C)CCN1. The first-order chi connectivity index (χ1) is 5.91. The molecule has 2 unspecified atom stereocenters. The lowest BCUT2D eigenvalue weighted by atomic mass is 10.0. The molecule has 0 aliphatic carbocycles. The van der Waals surface area contributed by atoms with Gasteiger partial charge in [-0.3, -0.25) is 4.90 Å². The molecule has 0 aromatic rings. The van der Waals surface area contributed by atoms with Crippen molar-refractivity contribution in [2.75, 3.05) is 13.1 Å². The summed E-state index contributed by atoms with van der Waals surface area (Å²) in [6.07, 6.45) is 1.27. The largest absolute Gasteiger partial charge is 0.313 e. The van der Waals surface area contributed by atoms with E-state index in [2.05, 4.69) is 44.8 Å². The van der Waals surface area contributed by atoms with Gasteiger partial charge in [-0.2, -0.15) is 0 Å². The van der Waals surface area contributed by atoms with Crippen LogP contribution in [0.2, 0.25) is 0 Å². The van der Waals surface area contributed by atoms with Crippen LogP contribution in [0.3, 0.4) is 0 Å². The number of hydrogen-bond donors (Lipinski definition) is 1. The van der Waals surface area contributed by atoms with Crippen LogP contribution in [0.25, 0.3) is 0 Å². The minimum Gasteiger partial charge on any atom is -0.313 e. The summed E-state index contributed by atoms with van der Waals surface area (Å²) in [5, 5.41) is 3.54. The van der Waals surface area contributed by atoms with E-state index in [1.54, 1.807) is 0 Å². The zero-order valence-electron chi connectivity index (χ0n) is 9.72. The molecule has 1 N–H and O–H groups in total. The lowest BCUT2D eigenvalue weighted by Gasteiger charge is -2.40. The lowest BCUT2D eigenvalue weighted by molar-refractivity contribution is 0.0903. The van der Waals surface area contributed by atoms with Crippen LogP contribution in [0.1, 0.15) is 41.0 Å². The van der Waals surface area contributed by atoms with E-state index in [1.807, 2.05) is 0 Å². The number of hydrogen-bond acceptors (Lipinski definition) is 2. The molecule has 1 aliphatic heterocycles. The second kappa shape index (κ2) is 3.97. The van der Waals surface area contributed by atoms with Crippen LogP contribution in [0, 0.1) is 0 Å². The molecule has 1 rings (SSSR count). The maximum Gasteiger partial charge on any atom is 0.0167 e. The van der Waals surface area contributed by atoms with E-state index in [0.29, 0.717) is 17.6 Å². The summed E-state index contributed by atoms with van der Waals surface area (Å²) >= 11 is 0. The first kappa shape index (κ1) is 11.0. The fourth-order valence-electron chi connectivity index (χ4n) is 2.17. The van der Waals surface area contributed by atoms with Gasteiger partial charge in [-0.15, -0.1) is 0 Å². The zero-order chi connectivity index (χ0) is 10.1. The molecule has 78 valence electrons. The highest BCUT2D eigenvalue weighted by Gasteiger charge is 2.28. The topological polar surface area (TPSA) is 15.3 Å². The van der Waals surface area contributed by atoms with Crippen LogP contribution >= 0.6 is 0 Å². The van der Waals surface area contributed by atoms with Gasteiger partial charge in [0.2, 0.25) is 0 Å². The van der Waals surface area contributed by atoms with E-state index in [9.17, 15) is 0 Å². The Morgan fingerprint density at radius 3 is 2.38 bits per heavy atom. The Hall–Kier alpha value is -0.0800. The first-order valence-electron chi connectivity index (χ1n) is 5.41. The Balaban J connectivity index is 2.67. The summed E-state index contributed by atoms with van der Waals surface area (Å²) < 4.78 is 0. The van der Waals surface area contributed by atoms with Crippen molar-refractivity contribution in [1.29, 1.82) is 0 Å². The summed E-state index contributed by atoms with van der Waals surface area (Å²) in [5.74, 6) is 0. The molecule has 1 saturated heterocycles. The van der Waals surface area contributed by atoms with E-state index in [-0.39, 0.29) is 0 Å². The van der Waals surface area contributed by atoms with Gasteiger partial charge in [0, 0.05) is 24.2 Å². The maximum atomic E-state index is 3.54. The summed E-state index contributed by atoms with van der Waals surface area (Å²) in [6, 6.07) is 1.33. The van der Waals surface area contributed by atoms with Crippen LogP contribution < -0.4 is 5.32 Å². The predicted octanol–water partition coefficient (Wildman–Crippen LogP) is 1.86. The summed E-state index contributed by atoms with van der Waals surface area (Å²) in [4.78, 5) is 2.61. The normalized spacial score (nSPS) is 33.0. The van der Waals surface area contributed by atoms with Crippen LogP contribution in [-0.2, 0) is 0 Å². The third kappa shape index (κ3) is 2.96. The van der Waals surface area contributed by atoms with Crippen molar-refractivity contribution < 1.29 is 0 Å². The van der Waals surface area contributed by atoms with Crippen molar-refractivity contribution in [1.82, 2.24) is 10.2 Å². The molecule has 0 radical (unpaired) electrons. The predicted molar refractivity (Wildman–Crippen MR) is 58.0 cm³/mol. The molecule has 2 atom stereocenters. The van der Waals surface area contributed by atoms with Crippen molar-refractivity contribution in [3.8, 4) is 0 Å². The summed E-state index contributed by atoms with van der Waals surface area (Å²) in [7, 11) is 0. The average Bonchev–Trinajstić information content (AvgIpc) is 2.11. The molecule has 0 bridgehead atoms. The summed E-state index contributed by atoms with van der Waals surface area (Å²) in [6.45, 7) is 13.9. The molecule has 1 aliphatic rings. The summed E-state index contributed by atoms with van der Waals surface area (Å²) in [5.41, 5.74) is 0.305.